The van der Waals surface area contributed by atoms with Crippen molar-refractivity contribution < 1.29 is 8.42 Å². The second kappa shape index (κ2) is 7.87. The van der Waals surface area contributed by atoms with Gasteiger partial charge in [0.05, 0.1) is 28.2 Å². The van der Waals surface area contributed by atoms with Gasteiger partial charge in [-0.25, -0.2) is 23.4 Å². The van der Waals surface area contributed by atoms with Gasteiger partial charge >= 0.3 is 0 Å². The second-order valence-electron chi connectivity index (χ2n) is 6.34. The van der Waals surface area contributed by atoms with Crippen LogP contribution in [0.25, 0.3) is 11.4 Å². The zero-order valence-electron chi connectivity index (χ0n) is 15.7. The number of aromatic nitrogens is 4. The van der Waals surface area contributed by atoms with Crippen molar-refractivity contribution in [2.45, 2.75) is 31.6 Å². The summed E-state index contributed by atoms with van der Waals surface area (Å²) in [5.74, 6) is 1.51. The van der Waals surface area contributed by atoms with Crippen molar-refractivity contribution >= 4 is 21.5 Å². The molecule has 0 spiro atoms. The summed E-state index contributed by atoms with van der Waals surface area (Å²) < 4.78 is 26.4. The zero-order chi connectivity index (χ0) is 19.4. The number of hydrogen-bond acceptors (Lipinski definition) is 6. The lowest BCUT2D eigenvalue weighted by molar-refractivity contribution is 0.592. The molecule has 0 aliphatic heterocycles. The Hall–Kier alpha value is -2.74. The van der Waals surface area contributed by atoms with E-state index in [0.29, 0.717) is 17.3 Å². The molecule has 0 saturated heterocycles. The van der Waals surface area contributed by atoms with E-state index in [1.54, 1.807) is 36.7 Å². The summed E-state index contributed by atoms with van der Waals surface area (Å²) >= 11 is 0. The number of rotatable bonds is 7. The number of sulfone groups is 1. The van der Waals surface area contributed by atoms with Crippen LogP contribution in [-0.4, -0.2) is 33.7 Å². The Morgan fingerprint density at radius 2 is 1.85 bits per heavy atom. The maximum absolute atomic E-state index is 12.2. The molecule has 2 heterocycles. The summed E-state index contributed by atoms with van der Waals surface area (Å²) in [4.78, 5) is 13.4. The van der Waals surface area contributed by atoms with Crippen LogP contribution in [0.2, 0.25) is 0 Å². The number of aryl methyl sites for hydroxylation is 1. The van der Waals surface area contributed by atoms with Gasteiger partial charge in [0, 0.05) is 18.9 Å². The van der Waals surface area contributed by atoms with Crippen LogP contribution in [0, 0.1) is 6.92 Å². The molecule has 1 N–H and O–H groups in total. The largest absolute Gasteiger partial charge is 0.330 e. The fourth-order valence-electron chi connectivity index (χ4n) is 2.63. The molecule has 1 aromatic carbocycles. The van der Waals surface area contributed by atoms with Gasteiger partial charge in [-0.1, -0.05) is 13.3 Å². The van der Waals surface area contributed by atoms with Crippen molar-refractivity contribution in [3.8, 4) is 11.4 Å². The molecule has 0 fully saturated rings. The number of anilines is 2. The van der Waals surface area contributed by atoms with E-state index in [1.807, 2.05) is 31.5 Å². The summed E-state index contributed by atoms with van der Waals surface area (Å²) in [5.41, 5.74) is 2.38. The SMILES string of the molecule is CCCCS(=O)(=O)c1ccc(Nc2nccc(-c3cnc(C)n3C)n2)cc1. The van der Waals surface area contributed by atoms with Gasteiger partial charge in [0.25, 0.3) is 0 Å². The quantitative estimate of drug-likeness (QED) is 0.669. The Bertz CT molecular complexity index is 1030. The molecule has 3 aromatic rings. The highest BCUT2D eigenvalue weighted by Crippen LogP contribution is 2.21. The average molecular weight is 385 g/mol. The maximum atomic E-state index is 12.2. The van der Waals surface area contributed by atoms with Gasteiger partial charge in [0.2, 0.25) is 5.95 Å². The van der Waals surface area contributed by atoms with Crippen LogP contribution in [0.3, 0.4) is 0 Å². The van der Waals surface area contributed by atoms with Crippen molar-refractivity contribution in [3.63, 3.8) is 0 Å². The minimum atomic E-state index is -3.23. The molecule has 3 rings (SSSR count). The van der Waals surface area contributed by atoms with Crippen molar-refractivity contribution in [1.82, 2.24) is 19.5 Å². The first-order valence-electron chi connectivity index (χ1n) is 8.82. The van der Waals surface area contributed by atoms with E-state index < -0.39 is 9.84 Å². The third-order valence-corrected chi connectivity index (χ3v) is 6.19. The average Bonchev–Trinajstić information content (AvgIpc) is 3.00. The van der Waals surface area contributed by atoms with E-state index in [9.17, 15) is 8.42 Å². The highest BCUT2D eigenvalue weighted by atomic mass is 32.2. The maximum Gasteiger partial charge on any atom is 0.227 e. The van der Waals surface area contributed by atoms with Crippen LogP contribution in [0.15, 0.2) is 47.6 Å². The molecular weight excluding hydrogens is 362 g/mol. The Morgan fingerprint density at radius 1 is 1.11 bits per heavy atom. The number of unbranched alkanes of at least 4 members (excludes halogenated alkanes) is 1. The fraction of sp³-hybridized carbons (Fsp3) is 0.316. The van der Waals surface area contributed by atoms with Crippen molar-refractivity contribution in [1.29, 1.82) is 0 Å². The first kappa shape index (κ1) is 19.0. The smallest absolute Gasteiger partial charge is 0.227 e. The molecule has 0 amide bonds. The minimum Gasteiger partial charge on any atom is -0.330 e. The Balaban J connectivity index is 1.78. The first-order chi connectivity index (χ1) is 12.9. The van der Waals surface area contributed by atoms with Gasteiger partial charge in [0.1, 0.15) is 5.82 Å². The molecule has 0 radical (unpaired) electrons. The molecule has 7 nitrogen and oxygen atoms in total. The molecule has 0 unspecified atom stereocenters. The molecule has 0 aliphatic carbocycles. The molecule has 0 atom stereocenters. The van der Waals surface area contributed by atoms with Crippen molar-refractivity contribution in [2.24, 2.45) is 7.05 Å². The lowest BCUT2D eigenvalue weighted by Crippen LogP contribution is -2.06. The zero-order valence-corrected chi connectivity index (χ0v) is 16.5. The molecule has 8 heteroatoms. The lowest BCUT2D eigenvalue weighted by atomic mass is 10.3. The Morgan fingerprint density at radius 3 is 2.48 bits per heavy atom. The molecule has 0 bridgehead atoms. The van der Waals surface area contributed by atoms with E-state index in [4.69, 9.17) is 0 Å². The Labute approximate surface area is 159 Å². The van der Waals surface area contributed by atoms with E-state index in [-0.39, 0.29) is 5.75 Å². The van der Waals surface area contributed by atoms with E-state index in [2.05, 4.69) is 20.3 Å². The molecule has 0 saturated carbocycles. The van der Waals surface area contributed by atoms with Gasteiger partial charge in [-0.3, -0.25) is 0 Å². The summed E-state index contributed by atoms with van der Waals surface area (Å²) in [5, 5.41) is 3.12. The van der Waals surface area contributed by atoms with Crippen LogP contribution < -0.4 is 5.32 Å². The number of nitrogens with zero attached hydrogens (tertiary/aromatic N) is 4. The number of benzene rings is 1. The number of nitrogens with one attached hydrogen (secondary N) is 1. The number of imidazole rings is 1. The normalized spacial score (nSPS) is 11.5. The predicted octanol–water partition coefficient (Wildman–Crippen LogP) is 3.50. The highest BCUT2D eigenvalue weighted by molar-refractivity contribution is 7.91. The predicted molar refractivity (Wildman–Crippen MR) is 106 cm³/mol. The lowest BCUT2D eigenvalue weighted by Gasteiger charge is -2.08. The molecule has 2 aromatic heterocycles. The highest BCUT2D eigenvalue weighted by Gasteiger charge is 2.13. The third kappa shape index (κ3) is 4.33. The second-order valence-corrected chi connectivity index (χ2v) is 8.45. The van der Waals surface area contributed by atoms with Gasteiger partial charge in [-0.05, 0) is 43.7 Å². The summed E-state index contributed by atoms with van der Waals surface area (Å²) in [6, 6.07) is 8.50. The molecule has 0 aliphatic rings. The summed E-state index contributed by atoms with van der Waals surface area (Å²) in [6.07, 6.45) is 4.97. The molecule has 142 valence electrons. The van der Waals surface area contributed by atoms with E-state index in [1.165, 1.54) is 0 Å². The molecular formula is C19H23N5O2S. The Kier molecular flexibility index (Phi) is 5.55. The van der Waals surface area contributed by atoms with Crippen LogP contribution in [-0.2, 0) is 16.9 Å². The third-order valence-electron chi connectivity index (χ3n) is 4.37. The standard InChI is InChI=1S/C19H23N5O2S/c1-4-5-12-27(25,26)16-8-6-15(7-9-16)22-19-20-11-10-17(23-19)18-13-21-14(2)24(18)3/h6-11,13H,4-5,12H2,1-3H3,(H,20,22,23). The summed E-state index contributed by atoms with van der Waals surface area (Å²) in [7, 11) is -1.29. The number of hydrogen-bond donors (Lipinski definition) is 1. The van der Waals surface area contributed by atoms with Gasteiger partial charge in [-0.15, -0.1) is 0 Å². The van der Waals surface area contributed by atoms with Crippen LogP contribution in [0.1, 0.15) is 25.6 Å². The fourth-order valence-corrected chi connectivity index (χ4v) is 4.08. The molecule has 27 heavy (non-hydrogen) atoms. The van der Waals surface area contributed by atoms with E-state index >= 15 is 0 Å². The first-order valence-corrected chi connectivity index (χ1v) is 10.5. The van der Waals surface area contributed by atoms with Crippen molar-refractivity contribution in [3.05, 3.63) is 48.5 Å². The minimum absolute atomic E-state index is 0.172. The van der Waals surface area contributed by atoms with E-state index in [0.717, 1.165) is 29.3 Å². The van der Waals surface area contributed by atoms with Crippen LogP contribution >= 0.6 is 0 Å². The van der Waals surface area contributed by atoms with Gasteiger partial charge < -0.3 is 9.88 Å². The topological polar surface area (TPSA) is 89.8 Å². The van der Waals surface area contributed by atoms with Gasteiger partial charge in [0.15, 0.2) is 9.84 Å². The van der Waals surface area contributed by atoms with Crippen LogP contribution in [0.5, 0.6) is 0 Å². The van der Waals surface area contributed by atoms with Crippen molar-refractivity contribution in [2.75, 3.05) is 11.1 Å². The van der Waals surface area contributed by atoms with Crippen LogP contribution in [0.4, 0.5) is 11.6 Å². The summed E-state index contributed by atoms with van der Waals surface area (Å²) in [6.45, 7) is 3.91. The monoisotopic (exact) mass is 385 g/mol. The van der Waals surface area contributed by atoms with Gasteiger partial charge in [-0.2, -0.15) is 0 Å².